The summed E-state index contributed by atoms with van der Waals surface area (Å²) in [6.45, 7) is 0. The molecule has 4 heteroatoms. The van der Waals surface area contributed by atoms with E-state index in [2.05, 4.69) is 17.1 Å². The van der Waals surface area contributed by atoms with Gasteiger partial charge in [-0.05, 0) is 36.4 Å². The number of pyridine rings is 3. The molecule has 0 unspecified atom stereocenters. The quantitative estimate of drug-likeness (QED) is 0.454. The molecule has 0 saturated heterocycles. The summed E-state index contributed by atoms with van der Waals surface area (Å²) in [5.41, 5.74) is 4.81. The smallest absolute Gasteiger partial charge is 0.228 e. The first-order valence-electron chi connectivity index (χ1n) is 7.39. The lowest BCUT2D eigenvalue weighted by molar-refractivity contribution is 0.653. The molecule has 0 aliphatic rings. The zero-order chi connectivity index (χ0) is 15.2. The lowest BCUT2D eigenvalue weighted by Crippen LogP contribution is -1.88. The van der Waals surface area contributed by atoms with Crippen molar-refractivity contribution in [1.82, 2.24) is 15.0 Å². The van der Waals surface area contributed by atoms with Gasteiger partial charge in [-0.2, -0.15) is 0 Å². The molecule has 0 bridgehead atoms. The predicted octanol–water partition coefficient (Wildman–Crippen LogP) is 4.59. The fraction of sp³-hybridized carbons (Fsp3) is 0. The van der Waals surface area contributed by atoms with E-state index in [1.807, 2.05) is 48.5 Å². The summed E-state index contributed by atoms with van der Waals surface area (Å²) in [6.07, 6.45) is 1.72. The molecule has 0 aliphatic carbocycles. The summed E-state index contributed by atoms with van der Waals surface area (Å²) in [5.74, 6) is 0. The second kappa shape index (κ2) is 4.61. The van der Waals surface area contributed by atoms with E-state index in [0.717, 1.165) is 38.8 Å². The second-order valence-electron chi connectivity index (χ2n) is 5.39. The van der Waals surface area contributed by atoms with Crippen LogP contribution in [0.3, 0.4) is 0 Å². The fourth-order valence-electron chi connectivity index (χ4n) is 2.83. The van der Waals surface area contributed by atoms with E-state index in [-0.39, 0.29) is 0 Å². The van der Waals surface area contributed by atoms with Crippen LogP contribution in [-0.4, -0.2) is 15.0 Å². The first-order valence-corrected chi connectivity index (χ1v) is 7.39. The Morgan fingerprint density at radius 1 is 0.739 bits per heavy atom. The Hall–Kier alpha value is -3.27. The predicted molar refractivity (Wildman–Crippen MR) is 90.0 cm³/mol. The van der Waals surface area contributed by atoms with Crippen molar-refractivity contribution in [3.8, 4) is 11.4 Å². The molecule has 5 rings (SSSR count). The zero-order valence-corrected chi connectivity index (χ0v) is 12.1. The van der Waals surface area contributed by atoms with Gasteiger partial charge in [0.1, 0.15) is 5.52 Å². The SMILES string of the molecule is c1ccc2nc(-c3ccc4oc5ncccc5c4n3)ccc2c1. The molecular weight excluding hydrogens is 286 g/mol. The van der Waals surface area contributed by atoms with Crippen LogP contribution in [0.1, 0.15) is 0 Å². The number of fused-ring (bicyclic) bond motifs is 4. The molecule has 23 heavy (non-hydrogen) atoms. The zero-order valence-electron chi connectivity index (χ0n) is 12.1. The molecule has 0 radical (unpaired) electrons. The maximum atomic E-state index is 5.72. The molecule has 0 amide bonds. The number of nitrogens with zero attached hydrogens (tertiary/aromatic N) is 3. The molecule has 5 aromatic rings. The van der Waals surface area contributed by atoms with Crippen LogP contribution in [0.5, 0.6) is 0 Å². The average molecular weight is 297 g/mol. The van der Waals surface area contributed by atoms with Crippen LogP contribution >= 0.6 is 0 Å². The summed E-state index contributed by atoms with van der Waals surface area (Å²) >= 11 is 0. The van der Waals surface area contributed by atoms with E-state index in [1.54, 1.807) is 6.20 Å². The topological polar surface area (TPSA) is 51.8 Å². The molecule has 0 fully saturated rings. The van der Waals surface area contributed by atoms with E-state index in [1.165, 1.54) is 0 Å². The Morgan fingerprint density at radius 2 is 1.61 bits per heavy atom. The highest BCUT2D eigenvalue weighted by molar-refractivity contribution is 6.01. The molecule has 0 N–H and O–H groups in total. The Bertz CT molecular complexity index is 1180. The summed E-state index contributed by atoms with van der Waals surface area (Å²) in [6, 6.07) is 19.8. The molecule has 1 aromatic carbocycles. The van der Waals surface area contributed by atoms with Gasteiger partial charge in [-0.15, -0.1) is 0 Å². The van der Waals surface area contributed by atoms with Crippen LogP contribution in [0.15, 0.2) is 71.3 Å². The third-order valence-electron chi connectivity index (χ3n) is 3.95. The van der Waals surface area contributed by atoms with Crippen molar-refractivity contribution >= 4 is 33.1 Å². The van der Waals surface area contributed by atoms with Crippen LogP contribution in [0, 0.1) is 0 Å². The van der Waals surface area contributed by atoms with Gasteiger partial charge in [0.05, 0.1) is 22.3 Å². The monoisotopic (exact) mass is 297 g/mol. The van der Waals surface area contributed by atoms with E-state index >= 15 is 0 Å². The molecule has 4 aromatic heterocycles. The van der Waals surface area contributed by atoms with Crippen LogP contribution in [0.2, 0.25) is 0 Å². The van der Waals surface area contributed by atoms with Crippen molar-refractivity contribution in [2.24, 2.45) is 0 Å². The molecule has 0 atom stereocenters. The molecule has 0 spiro atoms. The van der Waals surface area contributed by atoms with E-state index < -0.39 is 0 Å². The number of benzene rings is 1. The van der Waals surface area contributed by atoms with E-state index in [0.29, 0.717) is 5.71 Å². The van der Waals surface area contributed by atoms with Crippen LogP contribution < -0.4 is 0 Å². The van der Waals surface area contributed by atoms with E-state index in [4.69, 9.17) is 14.4 Å². The number of rotatable bonds is 1. The lowest BCUT2D eigenvalue weighted by atomic mass is 10.1. The molecule has 0 aliphatic heterocycles. The fourth-order valence-corrected chi connectivity index (χ4v) is 2.83. The minimum absolute atomic E-state index is 0.610. The highest BCUT2D eigenvalue weighted by Gasteiger charge is 2.11. The summed E-state index contributed by atoms with van der Waals surface area (Å²) in [4.78, 5) is 13.7. The number of aromatic nitrogens is 3. The van der Waals surface area contributed by atoms with Gasteiger partial charge in [-0.1, -0.05) is 24.3 Å². The van der Waals surface area contributed by atoms with Gasteiger partial charge < -0.3 is 4.42 Å². The van der Waals surface area contributed by atoms with Crippen LogP contribution in [0.25, 0.3) is 44.5 Å². The Morgan fingerprint density at radius 3 is 2.61 bits per heavy atom. The minimum atomic E-state index is 0.610. The van der Waals surface area contributed by atoms with Gasteiger partial charge in [0.15, 0.2) is 5.58 Å². The molecule has 4 nitrogen and oxygen atoms in total. The maximum Gasteiger partial charge on any atom is 0.228 e. The third kappa shape index (κ3) is 1.89. The minimum Gasteiger partial charge on any atom is -0.436 e. The van der Waals surface area contributed by atoms with Crippen LogP contribution in [0.4, 0.5) is 0 Å². The van der Waals surface area contributed by atoms with Crippen molar-refractivity contribution in [1.29, 1.82) is 0 Å². The van der Waals surface area contributed by atoms with E-state index in [9.17, 15) is 0 Å². The molecule has 108 valence electrons. The summed E-state index contributed by atoms with van der Waals surface area (Å²) in [7, 11) is 0. The van der Waals surface area contributed by atoms with Crippen molar-refractivity contribution in [2.45, 2.75) is 0 Å². The van der Waals surface area contributed by atoms with Crippen molar-refractivity contribution in [3.05, 3.63) is 66.9 Å². The Balaban J connectivity index is 1.76. The highest BCUT2D eigenvalue weighted by atomic mass is 16.3. The number of hydrogen-bond donors (Lipinski definition) is 0. The van der Waals surface area contributed by atoms with Gasteiger partial charge in [-0.3, -0.25) is 0 Å². The maximum absolute atomic E-state index is 5.72. The summed E-state index contributed by atoms with van der Waals surface area (Å²) < 4.78 is 5.72. The van der Waals surface area contributed by atoms with Gasteiger partial charge in [0.25, 0.3) is 0 Å². The molecular formula is C19H11N3O. The Kier molecular flexibility index (Phi) is 2.46. The van der Waals surface area contributed by atoms with Gasteiger partial charge in [0, 0.05) is 11.6 Å². The number of para-hydroxylation sites is 1. The summed E-state index contributed by atoms with van der Waals surface area (Å²) in [5, 5.41) is 2.04. The molecule has 0 saturated carbocycles. The van der Waals surface area contributed by atoms with Gasteiger partial charge >= 0.3 is 0 Å². The first kappa shape index (κ1) is 12.3. The van der Waals surface area contributed by atoms with Crippen LogP contribution in [-0.2, 0) is 0 Å². The molecule has 4 heterocycles. The van der Waals surface area contributed by atoms with Crippen molar-refractivity contribution in [3.63, 3.8) is 0 Å². The standard InChI is InChI=1S/C19H11N3O/c1-2-6-14-12(4-1)7-8-15(21-14)16-9-10-17-18(22-16)13-5-3-11-20-19(13)23-17/h1-11H. The number of hydrogen-bond acceptors (Lipinski definition) is 4. The van der Waals surface area contributed by atoms with Gasteiger partial charge in [-0.25, -0.2) is 15.0 Å². The second-order valence-corrected chi connectivity index (χ2v) is 5.39. The van der Waals surface area contributed by atoms with Crippen molar-refractivity contribution in [2.75, 3.05) is 0 Å². The first-order chi connectivity index (χ1) is 11.4. The Labute approximate surface area is 131 Å². The average Bonchev–Trinajstić information content (AvgIpc) is 2.99. The normalized spacial score (nSPS) is 11.5. The largest absolute Gasteiger partial charge is 0.436 e. The lowest BCUT2D eigenvalue weighted by Gasteiger charge is -2.02. The van der Waals surface area contributed by atoms with Crippen molar-refractivity contribution < 1.29 is 4.42 Å². The third-order valence-corrected chi connectivity index (χ3v) is 3.95. The number of furan rings is 1. The van der Waals surface area contributed by atoms with Gasteiger partial charge in [0.2, 0.25) is 5.71 Å². The highest BCUT2D eigenvalue weighted by Crippen LogP contribution is 2.28.